The Morgan fingerprint density at radius 3 is 2.38 bits per heavy atom. The van der Waals surface area contributed by atoms with E-state index in [2.05, 4.69) is 0 Å². The van der Waals surface area contributed by atoms with E-state index in [1.54, 1.807) is 0 Å². The first kappa shape index (κ1) is 15.1. The second kappa shape index (κ2) is 6.41. The third-order valence-corrected chi connectivity index (χ3v) is 3.33. The third-order valence-electron chi connectivity index (χ3n) is 2.93. The van der Waals surface area contributed by atoms with Gasteiger partial charge in [0.25, 0.3) is 0 Å². The Labute approximate surface area is 126 Å². The van der Waals surface area contributed by atoms with Gasteiger partial charge in [-0.25, -0.2) is 4.79 Å². The number of hydrogen-bond acceptors (Lipinski definition) is 3. The van der Waals surface area contributed by atoms with Crippen molar-refractivity contribution in [1.82, 2.24) is 0 Å². The van der Waals surface area contributed by atoms with Gasteiger partial charge >= 0.3 is 5.97 Å². The maximum absolute atomic E-state index is 11.4. The third kappa shape index (κ3) is 3.41. The first-order valence-electron chi connectivity index (χ1n) is 6.24. The fraction of sp³-hybridized carbons (Fsp3) is 0.125. The second-order valence-electron chi connectivity index (χ2n) is 4.44. The second-order valence-corrected chi connectivity index (χ2v) is 4.81. The summed E-state index contributed by atoms with van der Waals surface area (Å²) < 4.78 is 5.52. The molecule has 21 heavy (non-hydrogen) atoms. The van der Waals surface area contributed by atoms with Crippen LogP contribution in [-0.4, -0.2) is 16.9 Å². The molecule has 0 fully saturated rings. The van der Waals surface area contributed by atoms with Crippen LogP contribution in [-0.2, 0) is 6.61 Å². The molecular formula is C16H13ClO4. The number of carboxylic acids is 1. The lowest BCUT2D eigenvalue weighted by atomic mass is 10.1. The van der Waals surface area contributed by atoms with E-state index >= 15 is 0 Å². The molecule has 0 heterocycles. The largest absolute Gasteiger partial charge is 0.488 e. The molecule has 5 heteroatoms. The summed E-state index contributed by atoms with van der Waals surface area (Å²) in [6.07, 6.45) is 0. The Hall–Kier alpha value is -2.33. The van der Waals surface area contributed by atoms with Gasteiger partial charge in [-0.2, -0.15) is 0 Å². The smallest absolute Gasteiger partial charge is 0.341 e. The zero-order valence-electron chi connectivity index (χ0n) is 11.3. The van der Waals surface area contributed by atoms with Crippen LogP contribution >= 0.6 is 11.6 Å². The summed E-state index contributed by atoms with van der Waals surface area (Å²) in [5.41, 5.74) is 0.877. The van der Waals surface area contributed by atoms with Gasteiger partial charge in [-0.1, -0.05) is 41.9 Å². The maximum atomic E-state index is 11.4. The summed E-state index contributed by atoms with van der Waals surface area (Å²) >= 11 is 6.00. The Morgan fingerprint density at radius 2 is 1.81 bits per heavy atom. The van der Waals surface area contributed by atoms with Gasteiger partial charge in [0.15, 0.2) is 5.78 Å². The summed E-state index contributed by atoms with van der Waals surface area (Å²) in [6.45, 7) is 1.55. The van der Waals surface area contributed by atoms with Gasteiger partial charge in [0, 0.05) is 5.56 Å². The predicted molar refractivity (Wildman–Crippen MR) is 79.2 cm³/mol. The van der Waals surface area contributed by atoms with Gasteiger partial charge in [-0.3, -0.25) is 4.79 Å². The molecule has 1 N–H and O–H groups in total. The highest BCUT2D eigenvalue weighted by atomic mass is 35.5. The maximum Gasteiger partial charge on any atom is 0.341 e. The van der Waals surface area contributed by atoms with Crippen molar-refractivity contribution in [3.8, 4) is 5.75 Å². The van der Waals surface area contributed by atoms with Crippen LogP contribution in [0.4, 0.5) is 0 Å². The molecule has 0 aliphatic rings. The molecule has 0 aromatic heterocycles. The number of Topliss-reactive ketones (excluding diaryl/α,β-unsaturated/α-hetero) is 1. The number of halogens is 1. The number of ether oxygens (including phenoxy) is 1. The van der Waals surface area contributed by atoms with Crippen LogP contribution in [0, 0.1) is 0 Å². The van der Waals surface area contributed by atoms with Gasteiger partial charge in [-0.15, -0.1) is 0 Å². The first-order valence-corrected chi connectivity index (χ1v) is 6.62. The minimum Gasteiger partial charge on any atom is -0.488 e. The first-order chi connectivity index (χ1) is 10.0. The lowest BCUT2D eigenvalue weighted by Crippen LogP contribution is -2.07. The van der Waals surface area contributed by atoms with Gasteiger partial charge in [0.1, 0.15) is 17.9 Å². The number of carbonyl (C=O) groups is 2. The topological polar surface area (TPSA) is 63.6 Å². The standard InChI is InChI=1S/C16H13ClO4/c1-10(18)12-7-8-13(14(15(12)17)16(19)20)21-9-11-5-3-2-4-6-11/h2-8H,9H2,1H3,(H,19,20). The molecular weight excluding hydrogens is 292 g/mol. The summed E-state index contributed by atoms with van der Waals surface area (Å²) in [4.78, 5) is 22.8. The molecule has 2 aromatic rings. The predicted octanol–water partition coefficient (Wildman–Crippen LogP) is 3.82. The van der Waals surface area contributed by atoms with Crippen LogP contribution in [0.15, 0.2) is 42.5 Å². The molecule has 4 nitrogen and oxygen atoms in total. The number of rotatable bonds is 5. The van der Waals surface area contributed by atoms with E-state index in [1.165, 1.54) is 19.1 Å². The van der Waals surface area contributed by atoms with Crippen molar-refractivity contribution < 1.29 is 19.4 Å². The minimum absolute atomic E-state index is 0.0967. The van der Waals surface area contributed by atoms with E-state index in [9.17, 15) is 14.7 Å². The molecule has 0 radical (unpaired) electrons. The minimum atomic E-state index is -1.23. The van der Waals surface area contributed by atoms with Crippen LogP contribution in [0.3, 0.4) is 0 Å². The monoisotopic (exact) mass is 304 g/mol. The molecule has 0 aliphatic heterocycles. The quantitative estimate of drug-likeness (QED) is 0.853. The van der Waals surface area contributed by atoms with E-state index in [0.717, 1.165) is 5.56 Å². The summed E-state index contributed by atoms with van der Waals surface area (Å²) in [5.74, 6) is -1.38. The zero-order valence-corrected chi connectivity index (χ0v) is 12.1. The van der Waals surface area contributed by atoms with E-state index in [4.69, 9.17) is 16.3 Å². The van der Waals surface area contributed by atoms with Gasteiger partial charge in [-0.05, 0) is 24.6 Å². The highest BCUT2D eigenvalue weighted by Gasteiger charge is 2.20. The number of aromatic carboxylic acids is 1. The van der Waals surface area contributed by atoms with Crippen molar-refractivity contribution in [1.29, 1.82) is 0 Å². The molecule has 2 rings (SSSR count). The van der Waals surface area contributed by atoms with Crippen LogP contribution < -0.4 is 4.74 Å². The number of ketones is 1. The molecule has 0 bridgehead atoms. The van der Waals surface area contributed by atoms with Crippen molar-refractivity contribution in [2.75, 3.05) is 0 Å². The van der Waals surface area contributed by atoms with Crippen molar-refractivity contribution in [2.45, 2.75) is 13.5 Å². The van der Waals surface area contributed by atoms with E-state index in [0.29, 0.717) is 0 Å². The van der Waals surface area contributed by atoms with Gasteiger partial charge < -0.3 is 9.84 Å². The SMILES string of the molecule is CC(=O)c1ccc(OCc2ccccc2)c(C(=O)O)c1Cl. The molecule has 108 valence electrons. The van der Waals surface area contributed by atoms with Crippen molar-refractivity contribution in [2.24, 2.45) is 0 Å². The molecule has 0 saturated heterocycles. The molecule has 0 unspecified atom stereocenters. The highest BCUT2D eigenvalue weighted by Crippen LogP contribution is 2.31. The lowest BCUT2D eigenvalue weighted by molar-refractivity contribution is 0.0692. The van der Waals surface area contributed by atoms with Crippen molar-refractivity contribution >= 4 is 23.4 Å². The molecule has 0 spiro atoms. The van der Waals surface area contributed by atoms with Crippen LogP contribution in [0.2, 0.25) is 5.02 Å². The number of carbonyl (C=O) groups excluding carboxylic acids is 1. The normalized spacial score (nSPS) is 10.2. The number of carboxylic acid groups (broad SMARTS) is 1. The van der Waals surface area contributed by atoms with E-state index in [-0.39, 0.29) is 34.3 Å². The van der Waals surface area contributed by atoms with Crippen LogP contribution in [0.25, 0.3) is 0 Å². The molecule has 2 aromatic carbocycles. The Kier molecular flexibility index (Phi) is 4.60. The molecule has 0 amide bonds. The van der Waals surface area contributed by atoms with Crippen molar-refractivity contribution in [3.05, 3.63) is 64.2 Å². The fourth-order valence-corrected chi connectivity index (χ4v) is 2.26. The lowest BCUT2D eigenvalue weighted by Gasteiger charge is -2.12. The van der Waals surface area contributed by atoms with Crippen LogP contribution in [0.1, 0.15) is 33.2 Å². The summed E-state index contributed by atoms with van der Waals surface area (Å²) in [7, 11) is 0. The van der Waals surface area contributed by atoms with Gasteiger partial charge in [0.05, 0.1) is 5.02 Å². The number of benzene rings is 2. The average Bonchev–Trinajstić information content (AvgIpc) is 2.45. The molecule has 0 saturated carbocycles. The summed E-state index contributed by atoms with van der Waals surface area (Å²) in [5, 5.41) is 9.18. The number of hydrogen-bond donors (Lipinski definition) is 1. The Balaban J connectivity index is 2.33. The van der Waals surface area contributed by atoms with Gasteiger partial charge in [0.2, 0.25) is 0 Å². The van der Waals surface area contributed by atoms with E-state index in [1.807, 2.05) is 30.3 Å². The van der Waals surface area contributed by atoms with Crippen molar-refractivity contribution in [3.63, 3.8) is 0 Å². The molecule has 0 aliphatic carbocycles. The zero-order chi connectivity index (χ0) is 15.4. The highest BCUT2D eigenvalue weighted by molar-refractivity contribution is 6.37. The van der Waals surface area contributed by atoms with E-state index < -0.39 is 5.97 Å². The Bertz CT molecular complexity index is 680. The van der Waals surface area contributed by atoms with Crippen LogP contribution in [0.5, 0.6) is 5.75 Å². The molecule has 0 atom stereocenters. The average molecular weight is 305 g/mol. The summed E-state index contributed by atoms with van der Waals surface area (Å²) in [6, 6.07) is 12.3. The fourth-order valence-electron chi connectivity index (χ4n) is 1.89. The Morgan fingerprint density at radius 1 is 1.14 bits per heavy atom.